The molecule has 0 aromatic carbocycles. The molecule has 2 aromatic rings. The Bertz CT molecular complexity index is 440. The summed E-state index contributed by atoms with van der Waals surface area (Å²) in [6.07, 6.45) is 5.04. The molecule has 0 atom stereocenters. The van der Waals surface area contributed by atoms with Crippen LogP contribution in [0.15, 0.2) is 29.5 Å². The Morgan fingerprint density at radius 2 is 2.27 bits per heavy atom. The maximum absolute atomic E-state index is 11.3. The zero-order valence-electron chi connectivity index (χ0n) is 6.06. The third-order valence-electron chi connectivity index (χ3n) is 1.64. The zero-order chi connectivity index (χ0) is 7.84. The van der Waals surface area contributed by atoms with Gasteiger partial charge in [0.2, 0.25) is 0 Å². The first-order valence-electron chi connectivity index (χ1n) is 3.28. The van der Waals surface area contributed by atoms with E-state index in [1.54, 1.807) is 36.2 Å². The minimum absolute atomic E-state index is 0.0231. The molecule has 0 radical (unpaired) electrons. The maximum atomic E-state index is 11.3. The molecule has 0 amide bonds. The van der Waals surface area contributed by atoms with Crippen LogP contribution in [0.4, 0.5) is 0 Å². The van der Waals surface area contributed by atoms with Gasteiger partial charge in [-0.25, -0.2) is 4.52 Å². The lowest BCUT2D eigenvalue weighted by Gasteiger charge is -1.95. The summed E-state index contributed by atoms with van der Waals surface area (Å²) in [6, 6.07) is 1.70. The predicted molar refractivity (Wildman–Crippen MR) is 40.4 cm³/mol. The molecule has 2 rings (SSSR count). The van der Waals surface area contributed by atoms with Gasteiger partial charge in [-0.15, -0.1) is 0 Å². The van der Waals surface area contributed by atoms with Crippen molar-refractivity contribution < 1.29 is 0 Å². The van der Waals surface area contributed by atoms with E-state index in [4.69, 9.17) is 0 Å². The Morgan fingerprint density at radius 3 is 3.09 bits per heavy atom. The third-order valence-corrected chi connectivity index (χ3v) is 1.64. The van der Waals surface area contributed by atoms with Gasteiger partial charge in [-0.3, -0.25) is 4.79 Å². The van der Waals surface area contributed by atoms with Gasteiger partial charge in [0.1, 0.15) is 5.52 Å². The molecular formula is C7H7N3O. The van der Waals surface area contributed by atoms with Gasteiger partial charge in [0.15, 0.2) is 0 Å². The first kappa shape index (κ1) is 6.15. The molecule has 0 N–H and O–H groups in total. The zero-order valence-corrected chi connectivity index (χ0v) is 6.06. The fraction of sp³-hybridized carbons (Fsp3) is 0.143. The number of aryl methyl sites for hydroxylation is 1. The molecule has 2 aromatic heterocycles. The molecule has 4 nitrogen and oxygen atoms in total. The molecule has 0 spiro atoms. The summed E-state index contributed by atoms with van der Waals surface area (Å²) in [5, 5.41) is 3.92. The molecule has 0 saturated carbocycles. The molecule has 4 heteroatoms. The highest BCUT2D eigenvalue weighted by Crippen LogP contribution is 1.91. The number of hydrogen-bond acceptors (Lipinski definition) is 2. The molecule has 0 bridgehead atoms. The monoisotopic (exact) mass is 149 g/mol. The van der Waals surface area contributed by atoms with Crippen LogP contribution in [0.2, 0.25) is 0 Å². The second-order valence-corrected chi connectivity index (χ2v) is 2.38. The summed E-state index contributed by atoms with van der Waals surface area (Å²) in [4.78, 5) is 11.3. The maximum Gasteiger partial charge on any atom is 0.276 e. The molecule has 0 aliphatic rings. The normalized spacial score (nSPS) is 10.6. The summed E-state index contributed by atoms with van der Waals surface area (Å²) in [5.41, 5.74) is 0.583. The van der Waals surface area contributed by atoms with Crippen LogP contribution in [0.1, 0.15) is 0 Å². The first-order chi connectivity index (χ1) is 5.29. The number of nitrogens with zero attached hydrogens (tertiary/aromatic N) is 3. The van der Waals surface area contributed by atoms with Gasteiger partial charge in [-0.05, 0) is 6.07 Å². The van der Waals surface area contributed by atoms with Crippen LogP contribution in [0.3, 0.4) is 0 Å². The van der Waals surface area contributed by atoms with Crippen LogP contribution in [0, 0.1) is 0 Å². The lowest BCUT2D eigenvalue weighted by Crippen LogP contribution is -2.17. The number of rotatable bonds is 0. The highest BCUT2D eigenvalue weighted by Gasteiger charge is 1.97. The largest absolute Gasteiger partial charge is 0.315 e. The van der Waals surface area contributed by atoms with Gasteiger partial charge >= 0.3 is 0 Å². The van der Waals surface area contributed by atoms with E-state index >= 15 is 0 Å². The van der Waals surface area contributed by atoms with E-state index in [0.717, 1.165) is 0 Å². The van der Waals surface area contributed by atoms with E-state index < -0.39 is 0 Å². The van der Waals surface area contributed by atoms with Gasteiger partial charge in [0.25, 0.3) is 5.56 Å². The molecule has 0 aliphatic heterocycles. The van der Waals surface area contributed by atoms with Crippen molar-refractivity contribution in [2.45, 2.75) is 0 Å². The van der Waals surface area contributed by atoms with Crippen molar-refractivity contribution >= 4 is 5.52 Å². The van der Waals surface area contributed by atoms with Crippen molar-refractivity contribution in [3.8, 4) is 0 Å². The van der Waals surface area contributed by atoms with Gasteiger partial charge < -0.3 is 4.57 Å². The average molecular weight is 149 g/mol. The van der Waals surface area contributed by atoms with E-state index in [2.05, 4.69) is 5.10 Å². The standard InChI is InChI=1S/C7H7N3O/c1-9-4-5-10-6(7(9)11)2-3-8-10/h2-5H,1H3. The summed E-state index contributed by atoms with van der Waals surface area (Å²) < 4.78 is 3.08. The van der Waals surface area contributed by atoms with Crippen LogP contribution in [0.5, 0.6) is 0 Å². The van der Waals surface area contributed by atoms with Crippen LogP contribution in [0.25, 0.3) is 5.52 Å². The lowest BCUT2D eigenvalue weighted by atomic mass is 10.5. The first-order valence-corrected chi connectivity index (χ1v) is 3.28. The van der Waals surface area contributed by atoms with Crippen LogP contribution >= 0.6 is 0 Å². The second kappa shape index (κ2) is 1.95. The Hall–Kier alpha value is -1.58. The Morgan fingerprint density at radius 1 is 1.45 bits per heavy atom. The lowest BCUT2D eigenvalue weighted by molar-refractivity contribution is 0.820. The number of fused-ring (bicyclic) bond motifs is 1. The van der Waals surface area contributed by atoms with Gasteiger partial charge in [-0.2, -0.15) is 5.10 Å². The topological polar surface area (TPSA) is 39.3 Å². The van der Waals surface area contributed by atoms with E-state index in [-0.39, 0.29) is 5.56 Å². The second-order valence-electron chi connectivity index (χ2n) is 2.38. The molecule has 0 aliphatic carbocycles. The third kappa shape index (κ3) is 0.756. The van der Waals surface area contributed by atoms with Crippen molar-refractivity contribution in [1.82, 2.24) is 14.2 Å². The molecular weight excluding hydrogens is 142 g/mol. The van der Waals surface area contributed by atoms with Gasteiger partial charge in [0.05, 0.1) is 6.20 Å². The Kier molecular flexibility index (Phi) is 1.09. The fourth-order valence-electron chi connectivity index (χ4n) is 1.01. The number of hydrogen-bond donors (Lipinski definition) is 0. The van der Waals surface area contributed by atoms with Crippen molar-refractivity contribution in [3.63, 3.8) is 0 Å². The van der Waals surface area contributed by atoms with Crippen molar-refractivity contribution in [3.05, 3.63) is 35.0 Å². The Balaban J connectivity index is 3.05. The van der Waals surface area contributed by atoms with E-state index in [1.165, 1.54) is 4.57 Å². The van der Waals surface area contributed by atoms with E-state index in [1.807, 2.05) is 0 Å². The fourth-order valence-corrected chi connectivity index (χ4v) is 1.01. The summed E-state index contributed by atoms with van der Waals surface area (Å²) in [7, 11) is 1.72. The minimum atomic E-state index is -0.0231. The molecule has 0 fully saturated rings. The summed E-state index contributed by atoms with van der Waals surface area (Å²) in [5.74, 6) is 0. The highest BCUT2D eigenvalue weighted by molar-refractivity contribution is 5.42. The van der Waals surface area contributed by atoms with Gasteiger partial charge in [0, 0.05) is 19.4 Å². The van der Waals surface area contributed by atoms with E-state index in [9.17, 15) is 4.79 Å². The highest BCUT2D eigenvalue weighted by atomic mass is 16.1. The summed E-state index contributed by atoms with van der Waals surface area (Å²) >= 11 is 0. The van der Waals surface area contributed by atoms with E-state index in [0.29, 0.717) is 5.52 Å². The van der Waals surface area contributed by atoms with Crippen LogP contribution in [-0.2, 0) is 7.05 Å². The van der Waals surface area contributed by atoms with Crippen LogP contribution < -0.4 is 5.56 Å². The number of aromatic nitrogens is 3. The molecule has 56 valence electrons. The molecule has 11 heavy (non-hydrogen) atoms. The molecule has 2 heterocycles. The average Bonchev–Trinajstić information content (AvgIpc) is 2.45. The van der Waals surface area contributed by atoms with Crippen molar-refractivity contribution in [2.75, 3.05) is 0 Å². The Labute approximate surface area is 62.7 Å². The quantitative estimate of drug-likeness (QED) is 0.530. The minimum Gasteiger partial charge on any atom is -0.315 e. The smallest absolute Gasteiger partial charge is 0.276 e. The molecule has 0 unspecified atom stereocenters. The van der Waals surface area contributed by atoms with Crippen molar-refractivity contribution in [1.29, 1.82) is 0 Å². The van der Waals surface area contributed by atoms with Gasteiger partial charge in [-0.1, -0.05) is 0 Å². The summed E-state index contributed by atoms with van der Waals surface area (Å²) in [6.45, 7) is 0. The predicted octanol–water partition coefficient (Wildman–Crippen LogP) is 0.0330. The molecule has 0 saturated heterocycles. The SMILES string of the molecule is Cn1ccn2nccc2c1=O. The van der Waals surface area contributed by atoms with Crippen molar-refractivity contribution in [2.24, 2.45) is 7.05 Å². The van der Waals surface area contributed by atoms with Crippen LogP contribution in [-0.4, -0.2) is 14.2 Å².